The van der Waals surface area contributed by atoms with Gasteiger partial charge in [0.05, 0.1) is 11.4 Å². The Morgan fingerprint density at radius 3 is 2.48 bits per heavy atom. The van der Waals surface area contributed by atoms with Crippen molar-refractivity contribution >= 4 is 21.6 Å². The van der Waals surface area contributed by atoms with E-state index in [-0.39, 0.29) is 17.2 Å². The number of piperidine rings is 1. The van der Waals surface area contributed by atoms with Gasteiger partial charge in [-0.3, -0.25) is 4.79 Å². The Morgan fingerprint density at radius 1 is 1.20 bits per heavy atom. The van der Waals surface area contributed by atoms with Gasteiger partial charge in [0.2, 0.25) is 10.0 Å². The number of carbonyl (C=O) groups is 1. The summed E-state index contributed by atoms with van der Waals surface area (Å²) in [5.74, 6) is 1.000. The summed E-state index contributed by atoms with van der Waals surface area (Å²) in [6.45, 7) is 2.94. The van der Waals surface area contributed by atoms with Crippen molar-refractivity contribution in [2.75, 3.05) is 25.0 Å². The van der Waals surface area contributed by atoms with E-state index in [1.54, 1.807) is 25.1 Å². The molecule has 1 aromatic carbocycles. The molecule has 1 N–H and O–H groups in total. The largest absolute Gasteiger partial charge is 0.360 e. The third-order valence-electron chi connectivity index (χ3n) is 4.19. The molecule has 25 heavy (non-hydrogen) atoms. The van der Waals surface area contributed by atoms with Gasteiger partial charge in [0, 0.05) is 24.7 Å². The van der Waals surface area contributed by atoms with Crippen LogP contribution in [-0.2, 0) is 10.0 Å². The second-order valence-electron chi connectivity index (χ2n) is 6.09. The fraction of sp³-hybridized carbons (Fsp3) is 0.412. The van der Waals surface area contributed by atoms with Crippen LogP contribution in [0.5, 0.6) is 0 Å². The molecule has 0 spiro atoms. The number of hydrogen-bond donors (Lipinski definition) is 1. The van der Waals surface area contributed by atoms with Crippen molar-refractivity contribution in [3.63, 3.8) is 0 Å². The quantitative estimate of drug-likeness (QED) is 0.793. The van der Waals surface area contributed by atoms with Crippen LogP contribution in [-0.4, -0.2) is 43.3 Å². The molecule has 1 aromatic heterocycles. The number of benzene rings is 1. The lowest BCUT2D eigenvalue weighted by molar-refractivity contribution is 0.101. The summed E-state index contributed by atoms with van der Waals surface area (Å²) in [4.78, 5) is 12.4. The summed E-state index contributed by atoms with van der Waals surface area (Å²) in [5.41, 5.74) is 0.449. The van der Waals surface area contributed by atoms with E-state index in [0.717, 1.165) is 19.3 Å². The Hall–Kier alpha value is -2.19. The van der Waals surface area contributed by atoms with Gasteiger partial charge < -0.3 is 9.84 Å². The van der Waals surface area contributed by atoms with Gasteiger partial charge in [0.25, 0.3) is 0 Å². The molecule has 0 saturated carbocycles. The van der Waals surface area contributed by atoms with Crippen LogP contribution in [0.1, 0.15) is 35.4 Å². The molecule has 7 nitrogen and oxygen atoms in total. The van der Waals surface area contributed by atoms with Gasteiger partial charge in [-0.2, -0.15) is 4.31 Å². The summed E-state index contributed by atoms with van der Waals surface area (Å²) in [6, 6.07) is 7.79. The molecule has 2 aromatic rings. The number of nitrogens with zero attached hydrogens (tertiary/aromatic N) is 2. The van der Waals surface area contributed by atoms with Crippen LogP contribution in [0.15, 0.2) is 39.8 Å². The molecule has 1 saturated heterocycles. The Morgan fingerprint density at radius 2 is 1.88 bits per heavy atom. The number of hydrogen-bond acceptors (Lipinski definition) is 6. The molecule has 1 fully saturated rings. The van der Waals surface area contributed by atoms with Gasteiger partial charge in [0.1, 0.15) is 5.76 Å². The van der Waals surface area contributed by atoms with E-state index in [9.17, 15) is 13.2 Å². The minimum Gasteiger partial charge on any atom is -0.360 e. The minimum absolute atomic E-state index is 0.0597. The Bertz CT molecular complexity index is 837. The van der Waals surface area contributed by atoms with E-state index >= 15 is 0 Å². The number of nitrogens with one attached hydrogen (secondary N) is 1. The van der Waals surface area contributed by atoms with Gasteiger partial charge in [-0.05, 0) is 44.0 Å². The van der Waals surface area contributed by atoms with E-state index < -0.39 is 10.0 Å². The number of ketones is 1. The average molecular weight is 363 g/mol. The first-order valence-electron chi connectivity index (χ1n) is 8.27. The second-order valence-corrected chi connectivity index (χ2v) is 8.03. The Balaban J connectivity index is 1.65. The molecule has 0 unspecified atom stereocenters. The Labute approximate surface area is 147 Å². The van der Waals surface area contributed by atoms with E-state index in [1.165, 1.54) is 16.4 Å². The van der Waals surface area contributed by atoms with E-state index in [0.29, 0.717) is 30.2 Å². The summed E-state index contributed by atoms with van der Waals surface area (Å²) >= 11 is 0. The first-order chi connectivity index (χ1) is 12.0. The van der Waals surface area contributed by atoms with Crippen molar-refractivity contribution in [2.45, 2.75) is 31.1 Å². The molecule has 0 atom stereocenters. The summed E-state index contributed by atoms with van der Waals surface area (Å²) in [5, 5.41) is 6.64. The fourth-order valence-corrected chi connectivity index (χ4v) is 4.31. The molecule has 0 bridgehead atoms. The van der Waals surface area contributed by atoms with Crippen LogP contribution in [0.3, 0.4) is 0 Å². The molecule has 1 aliphatic rings. The summed E-state index contributed by atoms with van der Waals surface area (Å²) in [6.07, 6.45) is 2.85. The number of anilines is 1. The number of aryl methyl sites for hydroxylation is 1. The van der Waals surface area contributed by atoms with Gasteiger partial charge in [-0.25, -0.2) is 8.42 Å². The lowest BCUT2D eigenvalue weighted by atomic mass is 10.1. The maximum atomic E-state index is 12.6. The monoisotopic (exact) mass is 363 g/mol. The standard InChI is InChI=1S/C17H21N3O4S/c1-13-11-17(19-24-13)18-12-16(21)14-5-7-15(8-6-14)25(22,23)20-9-3-2-4-10-20/h5-8,11H,2-4,9-10,12H2,1H3,(H,18,19). The van der Waals surface area contributed by atoms with E-state index in [1.807, 2.05) is 0 Å². The number of carbonyl (C=O) groups excluding carboxylic acids is 1. The van der Waals surface area contributed by atoms with Gasteiger partial charge >= 0.3 is 0 Å². The third-order valence-corrected chi connectivity index (χ3v) is 6.10. The van der Waals surface area contributed by atoms with Crippen LogP contribution in [0, 0.1) is 6.92 Å². The topological polar surface area (TPSA) is 92.5 Å². The molecular weight excluding hydrogens is 342 g/mol. The zero-order valence-electron chi connectivity index (χ0n) is 14.1. The molecule has 0 amide bonds. The zero-order chi connectivity index (χ0) is 17.9. The SMILES string of the molecule is Cc1cc(NCC(=O)c2ccc(S(=O)(=O)N3CCCCC3)cc2)no1. The molecule has 2 heterocycles. The van der Waals surface area contributed by atoms with Crippen molar-refractivity contribution in [1.82, 2.24) is 9.46 Å². The highest BCUT2D eigenvalue weighted by Crippen LogP contribution is 2.21. The lowest BCUT2D eigenvalue weighted by Crippen LogP contribution is -2.35. The van der Waals surface area contributed by atoms with Crippen molar-refractivity contribution < 1.29 is 17.7 Å². The highest BCUT2D eigenvalue weighted by molar-refractivity contribution is 7.89. The van der Waals surface area contributed by atoms with Gasteiger partial charge in [-0.15, -0.1) is 0 Å². The van der Waals surface area contributed by atoms with Crippen LogP contribution in [0.4, 0.5) is 5.82 Å². The fourth-order valence-electron chi connectivity index (χ4n) is 2.79. The van der Waals surface area contributed by atoms with Gasteiger partial charge in [0.15, 0.2) is 11.6 Å². The predicted molar refractivity (Wildman–Crippen MR) is 93.1 cm³/mol. The first kappa shape index (κ1) is 17.6. The highest BCUT2D eigenvalue weighted by Gasteiger charge is 2.25. The predicted octanol–water partition coefficient (Wildman–Crippen LogP) is 2.45. The molecule has 3 rings (SSSR count). The normalized spacial score (nSPS) is 15.9. The van der Waals surface area contributed by atoms with Crippen LogP contribution in [0.25, 0.3) is 0 Å². The molecular formula is C17H21N3O4S. The summed E-state index contributed by atoms with van der Waals surface area (Å²) in [7, 11) is -3.47. The third kappa shape index (κ3) is 4.08. The highest BCUT2D eigenvalue weighted by atomic mass is 32.2. The smallest absolute Gasteiger partial charge is 0.243 e. The molecule has 0 aliphatic carbocycles. The Kier molecular flexibility index (Phi) is 5.19. The number of aromatic nitrogens is 1. The number of sulfonamides is 1. The average Bonchev–Trinajstić information content (AvgIpc) is 3.06. The first-order valence-corrected chi connectivity index (χ1v) is 9.71. The van der Waals surface area contributed by atoms with Gasteiger partial charge in [-0.1, -0.05) is 11.6 Å². The second kappa shape index (κ2) is 7.37. The molecule has 0 radical (unpaired) electrons. The summed E-state index contributed by atoms with van der Waals surface area (Å²) < 4.78 is 31.6. The maximum Gasteiger partial charge on any atom is 0.243 e. The number of rotatable bonds is 6. The van der Waals surface area contributed by atoms with Crippen LogP contribution in [0.2, 0.25) is 0 Å². The molecule has 134 valence electrons. The zero-order valence-corrected chi connectivity index (χ0v) is 14.9. The van der Waals surface area contributed by atoms with Crippen LogP contribution < -0.4 is 5.32 Å². The number of Topliss-reactive ketones (excluding diaryl/α,β-unsaturated/α-hetero) is 1. The molecule has 1 aliphatic heterocycles. The van der Waals surface area contributed by atoms with Crippen molar-refractivity contribution in [2.24, 2.45) is 0 Å². The van der Waals surface area contributed by atoms with E-state index in [2.05, 4.69) is 10.5 Å². The van der Waals surface area contributed by atoms with Crippen LogP contribution >= 0.6 is 0 Å². The van der Waals surface area contributed by atoms with Crippen molar-refractivity contribution in [1.29, 1.82) is 0 Å². The maximum absolute atomic E-state index is 12.6. The van der Waals surface area contributed by atoms with Crippen molar-refractivity contribution in [3.8, 4) is 0 Å². The van der Waals surface area contributed by atoms with Crippen molar-refractivity contribution in [3.05, 3.63) is 41.7 Å². The molecule has 8 heteroatoms. The lowest BCUT2D eigenvalue weighted by Gasteiger charge is -2.25. The minimum atomic E-state index is -3.47. The van der Waals surface area contributed by atoms with E-state index in [4.69, 9.17) is 4.52 Å².